The van der Waals surface area contributed by atoms with Gasteiger partial charge in [-0.1, -0.05) is 13.8 Å². The normalized spacial score (nSPS) is 19.2. The van der Waals surface area contributed by atoms with Crippen LogP contribution >= 0.6 is 0 Å². The fourth-order valence-corrected chi connectivity index (χ4v) is 2.77. The van der Waals surface area contributed by atoms with Gasteiger partial charge in [0.25, 0.3) is 0 Å². The van der Waals surface area contributed by atoms with E-state index in [-0.39, 0.29) is 23.9 Å². The molecule has 0 amide bonds. The Morgan fingerprint density at radius 2 is 2.20 bits per heavy atom. The van der Waals surface area contributed by atoms with E-state index in [4.69, 9.17) is 10.5 Å². The number of halogens is 1. The highest BCUT2D eigenvalue weighted by Gasteiger charge is 2.35. The Balaban J connectivity index is 2.32. The third-order valence-corrected chi connectivity index (χ3v) is 3.88. The Bertz CT molecular complexity index is 491. The Hall–Kier alpha value is -1.17. The molecule has 0 radical (unpaired) electrons. The summed E-state index contributed by atoms with van der Waals surface area (Å²) in [6.45, 7) is 5.67. The van der Waals surface area contributed by atoms with E-state index >= 15 is 0 Å². The van der Waals surface area contributed by atoms with Gasteiger partial charge in [0.1, 0.15) is 11.6 Å². The number of benzene rings is 1. The van der Waals surface area contributed by atoms with Gasteiger partial charge in [-0.3, -0.25) is 4.90 Å². The molecule has 1 aromatic rings. The maximum Gasteiger partial charge on any atom is 0.131 e. The number of methoxy groups -OCH3 is 1. The Labute approximate surface area is 119 Å². The zero-order valence-corrected chi connectivity index (χ0v) is 12.3. The van der Waals surface area contributed by atoms with E-state index < -0.39 is 0 Å². The number of aliphatic hydroxyl groups excluding tert-OH is 1. The van der Waals surface area contributed by atoms with Gasteiger partial charge in [0.2, 0.25) is 0 Å². The van der Waals surface area contributed by atoms with Crippen LogP contribution in [0.4, 0.5) is 4.39 Å². The fraction of sp³-hybridized carbons (Fsp3) is 0.600. The minimum Gasteiger partial charge on any atom is -0.497 e. The minimum atomic E-state index is -0.248. The van der Waals surface area contributed by atoms with Gasteiger partial charge >= 0.3 is 0 Å². The summed E-state index contributed by atoms with van der Waals surface area (Å²) < 4.78 is 19.3. The van der Waals surface area contributed by atoms with Crippen molar-refractivity contribution in [2.75, 3.05) is 26.8 Å². The number of fused-ring (bicyclic) bond motifs is 1. The molecule has 20 heavy (non-hydrogen) atoms. The Kier molecular flexibility index (Phi) is 4.32. The zero-order valence-electron chi connectivity index (χ0n) is 12.3. The van der Waals surface area contributed by atoms with Crippen molar-refractivity contribution in [3.05, 3.63) is 29.1 Å². The van der Waals surface area contributed by atoms with Crippen molar-refractivity contribution in [1.82, 2.24) is 4.90 Å². The monoisotopic (exact) mass is 282 g/mol. The molecule has 1 aliphatic rings. The summed E-state index contributed by atoms with van der Waals surface area (Å²) in [5, 5.41) is 9.42. The van der Waals surface area contributed by atoms with Crippen molar-refractivity contribution in [1.29, 1.82) is 0 Å². The van der Waals surface area contributed by atoms with Crippen molar-refractivity contribution >= 4 is 0 Å². The predicted molar refractivity (Wildman–Crippen MR) is 76.0 cm³/mol. The molecule has 1 atom stereocenters. The van der Waals surface area contributed by atoms with Crippen LogP contribution in [0.3, 0.4) is 0 Å². The Morgan fingerprint density at radius 1 is 1.50 bits per heavy atom. The van der Waals surface area contributed by atoms with Crippen LogP contribution in [0.25, 0.3) is 0 Å². The van der Waals surface area contributed by atoms with Gasteiger partial charge in [0.15, 0.2) is 0 Å². The molecule has 0 aromatic heterocycles. The largest absolute Gasteiger partial charge is 0.497 e. The average Bonchev–Trinajstić information content (AvgIpc) is 2.75. The van der Waals surface area contributed by atoms with Crippen molar-refractivity contribution in [2.24, 2.45) is 11.1 Å². The third kappa shape index (κ3) is 2.80. The Morgan fingerprint density at radius 3 is 2.75 bits per heavy atom. The van der Waals surface area contributed by atoms with Crippen LogP contribution in [0.2, 0.25) is 0 Å². The van der Waals surface area contributed by atoms with Crippen LogP contribution in [-0.4, -0.2) is 36.8 Å². The highest BCUT2D eigenvalue weighted by molar-refractivity contribution is 5.42. The fourth-order valence-electron chi connectivity index (χ4n) is 2.77. The van der Waals surface area contributed by atoms with Gasteiger partial charge < -0.3 is 15.6 Å². The van der Waals surface area contributed by atoms with Gasteiger partial charge in [0, 0.05) is 49.3 Å². The first kappa shape index (κ1) is 15.2. The molecule has 1 aromatic carbocycles. The van der Waals surface area contributed by atoms with E-state index in [1.165, 1.54) is 13.2 Å². The van der Waals surface area contributed by atoms with E-state index in [1.54, 1.807) is 0 Å². The molecular weight excluding hydrogens is 259 g/mol. The molecule has 0 aliphatic carbocycles. The number of nitrogens with zero attached hydrogens (tertiary/aromatic N) is 1. The van der Waals surface area contributed by atoms with Crippen molar-refractivity contribution in [3.8, 4) is 5.75 Å². The second-order valence-electron chi connectivity index (χ2n) is 6.16. The third-order valence-electron chi connectivity index (χ3n) is 3.88. The SMILES string of the molecule is COc1cc(F)c2c(c1)C(CN)N(CC(C)(C)CO)C2. The number of aliphatic hydroxyl groups is 1. The van der Waals surface area contributed by atoms with Gasteiger partial charge in [-0.25, -0.2) is 4.39 Å². The quantitative estimate of drug-likeness (QED) is 0.862. The predicted octanol–water partition coefficient (Wildman–Crippen LogP) is 1.67. The van der Waals surface area contributed by atoms with Gasteiger partial charge in [0.05, 0.1) is 7.11 Å². The number of hydrogen-bond donors (Lipinski definition) is 2. The molecule has 1 aliphatic heterocycles. The summed E-state index contributed by atoms with van der Waals surface area (Å²) in [7, 11) is 1.53. The van der Waals surface area contributed by atoms with E-state index in [9.17, 15) is 9.50 Å². The molecule has 3 N–H and O–H groups in total. The highest BCUT2D eigenvalue weighted by Crippen LogP contribution is 2.38. The lowest BCUT2D eigenvalue weighted by molar-refractivity contribution is 0.0843. The lowest BCUT2D eigenvalue weighted by Crippen LogP contribution is -2.37. The van der Waals surface area contributed by atoms with Gasteiger partial charge in [-0.15, -0.1) is 0 Å². The molecular formula is C15H23FN2O2. The average molecular weight is 282 g/mol. The first-order valence-corrected chi connectivity index (χ1v) is 6.83. The van der Waals surface area contributed by atoms with Crippen molar-refractivity contribution < 1.29 is 14.2 Å². The molecule has 0 bridgehead atoms. The topological polar surface area (TPSA) is 58.7 Å². The van der Waals surface area contributed by atoms with Crippen molar-refractivity contribution in [2.45, 2.75) is 26.4 Å². The van der Waals surface area contributed by atoms with Crippen LogP contribution < -0.4 is 10.5 Å². The lowest BCUT2D eigenvalue weighted by Gasteiger charge is -2.32. The molecule has 0 fully saturated rings. The van der Waals surface area contributed by atoms with Gasteiger partial charge in [-0.05, 0) is 11.6 Å². The number of nitrogens with two attached hydrogens (primary N) is 1. The smallest absolute Gasteiger partial charge is 0.131 e. The second kappa shape index (κ2) is 5.68. The lowest BCUT2D eigenvalue weighted by atomic mass is 9.93. The molecule has 4 nitrogen and oxygen atoms in total. The number of ether oxygens (including phenoxy) is 1. The molecule has 0 saturated heterocycles. The summed E-state index contributed by atoms with van der Waals surface area (Å²) in [6.07, 6.45) is 0. The summed E-state index contributed by atoms with van der Waals surface area (Å²) >= 11 is 0. The number of rotatable bonds is 5. The van der Waals surface area contributed by atoms with Crippen LogP contribution in [0.15, 0.2) is 12.1 Å². The standard InChI is InChI=1S/C15H23FN2O2/c1-15(2,9-19)8-18-7-12-11(14(18)6-17)4-10(20-3)5-13(12)16/h4-5,14,19H,6-9,17H2,1-3H3. The van der Waals surface area contributed by atoms with Crippen LogP contribution in [0, 0.1) is 11.2 Å². The summed E-state index contributed by atoms with van der Waals surface area (Å²) in [5.74, 6) is 0.269. The second-order valence-corrected chi connectivity index (χ2v) is 6.16. The molecule has 0 spiro atoms. The van der Waals surface area contributed by atoms with E-state index in [0.29, 0.717) is 30.9 Å². The van der Waals surface area contributed by atoms with E-state index in [2.05, 4.69) is 4.90 Å². The number of hydrogen-bond acceptors (Lipinski definition) is 4. The maximum atomic E-state index is 14.1. The summed E-state index contributed by atoms with van der Waals surface area (Å²) in [6, 6.07) is 3.25. The molecule has 2 rings (SSSR count). The van der Waals surface area contributed by atoms with Crippen LogP contribution in [-0.2, 0) is 6.54 Å². The van der Waals surface area contributed by atoms with Crippen molar-refractivity contribution in [3.63, 3.8) is 0 Å². The van der Waals surface area contributed by atoms with Gasteiger partial charge in [-0.2, -0.15) is 0 Å². The summed E-state index contributed by atoms with van der Waals surface area (Å²) in [5.41, 5.74) is 7.22. The maximum absolute atomic E-state index is 14.1. The minimum absolute atomic E-state index is 0.0274. The van der Waals surface area contributed by atoms with Crippen LogP contribution in [0.1, 0.15) is 31.0 Å². The zero-order chi connectivity index (χ0) is 14.9. The molecule has 0 saturated carbocycles. The highest BCUT2D eigenvalue weighted by atomic mass is 19.1. The van der Waals surface area contributed by atoms with Crippen LogP contribution in [0.5, 0.6) is 5.75 Å². The molecule has 1 heterocycles. The summed E-state index contributed by atoms with van der Waals surface area (Å²) in [4.78, 5) is 2.13. The molecule has 112 valence electrons. The molecule has 5 heteroatoms. The first-order chi connectivity index (χ1) is 9.41. The first-order valence-electron chi connectivity index (χ1n) is 6.83. The molecule has 1 unspecified atom stereocenters. The van der Waals surface area contributed by atoms with E-state index in [0.717, 1.165) is 5.56 Å². The van der Waals surface area contributed by atoms with E-state index in [1.807, 2.05) is 19.9 Å².